The molecule has 0 radical (unpaired) electrons. The zero-order chi connectivity index (χ0) is 20.0. The predicted octanol–water partition coefficient (Wildman–Crippen LogP) is 3.36. The smallest absolute Gasteiger partial charge is 0.264 e. The Morgan fingerprint density at radius 3 is 2.66 bits per heavy atom. The fourth-order valence-electron chi connectivity index (χ4n) is 4.87. The zero-order valence-corrected chi connectivity index (χ0v) is 18.0. The Morgan fingerprint density at radius 2 is 1.93 bits per heavy atom. The molecule has 8 heteroatoms. The first-order chi connectivity index (χ1) is 14.1. The van der Waals surface area contributed by atoms with Crippen molar-refractivity contribution in [2.24, 2.45) is 0 Å². The first-order valence-electron chi connectivity index (χ1n) is 10.7. The normalized spacial score (nSPS) is 24.6. The molecule has 7 nitrogen and oxygen atoms in total. The van der Waals surface area contributed by atoms with E-state index in [0.29, 0.717) is 32.3 Å². The van der Waals surface area contributed by atoms with E-state index in [9.17, 15) is 4.79 Å². The average molecular weight is 417 g/mol. The third-order valence-corrected chi connectivity index (χ3v) is 7.79. The highest BCUT2D eigenvalue weighted by molar-refractivity contribution is 7.20. The molecule has 3 aliphatic heterocycles. The molecule has 3 fully saturated rings. The number of carbonyl (C=O) groups is 1. The monoisotopic (exact) mass is 416 g/mol. The van der Waals surface area contributed by atoms with Crippen LogP contribution in [0.15, 0.2) is 6.33 Å². The molecule has 1 amide bonds. The molecule has 1 spiro atoms. The molecule has 1 unspecified atom stereocenters. The minimum Gasteiger partial charge on any atom is -0.353 e. The van der Waals surface area contributed by atoms with E-state index in [1.165, 1.54) is 30.6 Å². The van der Waals surface area contributed by atoms with Gasteiger partial charge in [0.05, 0.1) is 23.5 Å². The Hall–Kier alpha value is -1.77. The van der Waals surface area contributed by atoms with Crippen molar-refractivity contribution in [3.8, 4) is 0 Å². The highest BCUT2D eigenvalue weighted by Gasteiger charge is 2.41. The van der Waals surface area contributed by atoms with Crippen LogP contribution in [-0.4, -0.2) is 65.5 Å². The lowest BCUT2D eigenvalue weighted by Gasteiger charge is -2.37. The van der Waals surface area contributed by atoms with E-state index in [0.717, 1.165) is 45.9 Å². The van der Waals surface area contributed by atoms with E-state index in [4.69, 9.17) is 9.47 Å². The molecule has 3 aliphatic rings. The molecular weight excluding hydrogens is 388 g/mol. The predicted molar refractivity (Wildman–Crippen MR) is 113 cm³/mol. The van der Waals surface area contributed by atoms with Gasteiger partial charge >= 0.3 is 0 Å². The van der Waals surface area contributed by atoms with Gasteiger partial charge < -0.3 is 19.3 Å². The van der Waals surface area contributed by atoms with Gasteiger partial charge in [0.15, 0.2) is 5.79 Å². The second-order valence-corrected chi connectivity index (χ2v) is 9.37. The Labute approximate surface area is 175 Å². The molecule has 5 rings (SSSR count). The Balaban J connectivity index is 1.43. The summed E-state index contributed by atoms with van der Waals surface area (Å²) in [5.41, 5.74) is 1.01. The van der Waals surface area contributed by atoms with Crippen LogP contribution in [0.2, 0.25) is 0 Å². The minimum atomic E-state index is -0.463. The molecule has 29 heavy (non-hydrogen) atoms. The van der Waals surface area contributed by atoms with Crippen LogP contribution in [0, 0.1) is 6.92 Å². The van der Waals surface area contributed by atoms with Gasteiger partial charge in [-0.3, -0.25) is 4.79 Å². The van der Waals surface area contributed by atoms with Crippen LogP contribution in [-0.2, 0) is 9.47 Å². The quantitative estimate of drug-likeness (QED) is 0.748. The number of hydrogen-bond donors (Lipinski definition) is 0. The van der Waals surface area contributed by atoms with Crippen LogP contribution in [0.3, 0.4) is 0 Å². The van der Waals surface area contributed by atoms with E-state index >= 15 is 0 Å². The lowest BCUT2D eigenvalue weighted by atomic mass is 10.0. The van der Waals surface area contributed by atoms with Crippen molar-refractivity contribution in [2.75, 3.05) is 37.7 Å². The lowest BCUT2D eigenvalue weighted by molar-refractivity contribution is -0.181. The van der Waals surface area contributed by atoms with Gasteiger partial charge in [0.1, 0.15) is 17.0 Å². The Bertz CT molecular complexity index is 914. The zero-order valence-electron chi connectivity index (χ0n) is 17.1. The van der Waals surface area contributed by atoms with Gasteiger partial charge in [0.2, 0.25) is 0 Å². The van der Waals surface area contributed by atoms with Crippen molar-refractivity contribution in [2.45, 2.75) is 57.8 Å². The summed E-state index contributed by atoms with van der Waals surface area (Å²) < 4.78 is 11.6. The van der Waals surface area contributed by atoms with Gasteiger partial charge in [-0.15, -0.1) is 11.3 Å². The number of carbonyl (C=O) groups excluding carboxylic acids is 1. The van der Waals surface area contributed by atoms with Gasteiger partial charge in [0.25, 0.3) is 5.91 Å². The third kappa shape index (κ3) is 3.31. The molecule has 5 heterocycles. The van der Waals surface area contributed by atoms with E-state index in [1.807, 2.05) is 11.8 Å². The molecule has 0 aromatic carbocycles. The first kappa shape index (κ1) is 19.2. The largest absolute Gasteiger partial charge is 0.353 e. The van der Waals surface area contributed by atoms with Crippen LogP contribution in [0.4, 0.5) is 5.82 Å². The summed E-state index contributed by atoms with van der Waals surface area (Å²) in [5, 5.41) is 1.05. The molecule has 156 valence electrons. The molecule has 0 bridgehead atoms. The third-order valence-electron chi connectivity index (χ3n) is 6.60. The highest BCUT2D eigenvalue weighted by atomic mass is 32.1. The number of aryl methyl sites for hydroxylation is 1. The topological polar surface area (TPSA) is 67.8 Å². The molecule has 0 aliphatic carbocycles. The fraction of sp³-hybridized carbons (Fsp3) is 0.667. The summed E-state index contributed by atoms with van der Waals surface area (Å²) >= 11 is 1.50. The molecule has 2 aromatic rings. The molecule has 2 aromatic heterocycles. The SMILES string of the molecule is Cc1c(C(=O)N2CCC3(CC2)OCCO3)sc2ncnc(N3CCCCC3C)c12. The number of likely N-dealkylation sites (tertiary alicyclic amines) is 1. The second-order valence-electron chi connectivity index (χ2n) is 8.37. The maximum atomic E-state index is 13.3. The molecule has 3 saturated heterocycles. The van der Waals surface area contributed by atoms with E-state index in [-0.39, 0.29) is 5.91 Å². The molecular formula is C21H28N4O3S. The Morgan fingerprint density at radius 1 is 1.17 bits per heavy atom. The number of ether oxygens (including phenoxy) is 2. The fourth-order valence-corrected chi connectivity index (χ4v) is 5.98. The van der Waals surface area contributed by atoms with Crippen LogP contribution >= 0.6 is 11.3 Å². The lowest BCUT2D eigenvalue weighted by Crippen LogP contribution is -2.47. The number of hydrogen-bond acceptors (Lipinski definition) is 7. The number of piperidine rings is 2. The van der Waals surface area contributed by atoms with Crippen LogP contribution in [0.5, 0.6) is 0 Å². The molecule has 0 N–H and O–H groups in total. The van der Waals surface area contributed by atoms with Gasteiger partial charge in [-0.2, -0.15) is 0 Å². The highest BCUT2D eigenvalue weighted by Crippen LogP contribution is 2.38. The summed E-state index contributed by atoms with van der Waals surface area (Å²) in [7, 11) is 0. The van der Waals surface area contributed by atoms with Crippen molar-refractivity contribution in [3.05, 3.63) is 16.8 Å². The van der Waals surface area contributed by atoms with Gasteiger partial charge in [-0.25, -0.2) is 9.97 Å². The van der Waals surface area contributed by atoms with Gasteiger partial charge in [-0.1, -0.05) is 0 Å². The van der Waals surface area contributed by atoms with Crippen molar-refractivity contribution >= 4 is 33.3 Å². The number of fused-ring (bicyclic) bond motifs is 1. The second kappa shape index (κ2) is 7.49. The number of nitrogens with zero attached hydrogens (tertiary/aromatic N) is 4. The van der Waals surface area contributed by atoms with Crippen molar-refractivity contribution in [1.29, 1.82) is 0 Å². The maximum Gasteiger partial charge on any atom is 0.264 e. The van der Waals surface area contributed by atoms with Crippen molar-refractivity contribution in [3.63, 3.8) is 0 Å². The number of aromatic nitrogens is 2. The summed E-state index contributed by atoms with van der Waals surface area (Å²) in [5.74, 6) is 0.617. The summed E-state index contributed by atoms with van der Waals surface area (Å²) in [4.78, 5) is 28.5. The van der Waals surface area contributed by atoms with E-state index < -0.39 is 5.79 Å². The first-order valence-corrected chi connectivity index (χ1v) is 11.5. The van der Waals surface area contributed by atoms with Crippen LogP contribution < -0.4 is 4.90 Å². The van der Waals surface area contributed by atoms with Gasteiger partial charge in [-0.05, 0) is 38.7 Å². The van der Waals surface area contributed by atoms with Crippen molar-refractivity contribution < 1.29 is 14.3 Å². The molecule has 0 saturated carbocycles. The number of thiophene rings is 1. The number of rotatable bonds is 2. The summed E-state index contributed by atoms with van der Waals surface area (Å²) in [6.07, 6.45) is 6.74. The number of anilines is 1. The average Bonchev–Trinajstić information content (AvgIpc) is 3.33. The van der Waals surface area contributed by atoms with Gasteiger partial charge in [0, 0.05) is 38.5 Å². The minimum absolute atomic E-state index is 0.0935. The summed E-state index contributed by atoms with van der Waals surface area (Å²) in [6.45, 7) is 7.95. The Kier molecular flexibility index (Phi) is 4.96. The molecule has 1 atom stereocenters. The van der Waals surface area contributed by atoms with Crippen molar-refractivity contribution in [1.82, 2.24) is 14.9 Å². The van der Waals surface area contributed by atoms with Crippen LogP contribution in [0.25, 0.3) is 10.2 Å². The van der Waals surface area contributed by atoms with Crippen LogP contribution in [0.1, 0.15) is 54.3 Å². The summed E-state index contributed by atoms with van der Waals surface area (Å²) in [6, 6.07) is 0.463. The maximum absolute atomic E-state index is 13.3. The standard InChI is InChI=1S/C21H28N4O3S/c1-14-5-3-4-8-25(14)18-16-15(2)17(29-19(16)23-13-22-18)20(26)24-9-6-21(7-10-24)27-11-12-28-21/h13-14H,3-12H2,1-2H3. The number of amides is 1. The van der Waals surface area contributed by atoms with E-state index in [1.54, 1.807) is 6.33 Å². The van der Waals surface area contributed by atoms with E-state index in [2.05, 4.69) is 21.8 Å².